The van der Waals surface area contributed by atoms with Crippen LogP contribution in [0.4, 0.5) is 17.6 Å². The lowest BCUT2D eigenvalue weighted by atomic mass is 10.2. The van der Waals surface area contributed by atoms with E-state index in [1.807, 2.05) is 0 Å². The number of aliphatic hydroxyl groups excluding tert-OH is 1. The Balaban J connectivity index is 3.25. The van der Waals surface area contributed by atoms with Crippen molar-refractivity contribution < 1.29 is 27.4 Å². The molecule has 0 bridgehead atoms. The second-order valence-electron chi connectivity index (χ2n) is 2.72. The molecule has 0 saturated carbocycles. The Hall–Kier alpha value is -1.08. The molecule has 8 heteroatoms. The summed E-state index contributed by atoms with van der Waals surface area (Å²) in [5, 5.41) is 8.77. The van der Waals surface area contributed by atoms with E-state index in [-0.39, 0.29) is 5.56 Å². The third kappa shape index (κ3) is 2.96. The van der Waals surface area contributed by atoms with Gasteiger partial charge in [-0.1, -0.05) is 0 Å². The Morgan fingerprint density at radius 3 is 2.50 bits per heavy atom. The van der Waals surface area contributed by atoms with Gasteiger partial charge >= 0.3 is 6.36 Å². The zero-order chi connectivity index (χ0) is 12.3. The zero-order valence-electron chi connectivity index (χ0n) is 7.68. The molecule has 0 aliphatic heterocycles. The maximum atomic E-state index is 13.0. The number of nitrogens with zero attached hydrogens (tertiary/aromatic N) is 1. The molecule has 0 radical (unpaired) electrons. The highest BCUT2D eigenvalue weighted by atomic mass is 35.5. The molecule has 0 amide bonds. The smallest absolute Gasteiger partial charge is 0.405 e. The minimum atomic E-state index is -4.99. The van der Waals surface area contributed by atoms with Crippen molar-refractivity contribution in [1.29, 1.82) is 0 Å². The molecule has 1 N–H and O–H groups in total. The van der Waals surface area contributed by atoms with E-state index in [9.17, 15) is 17.6 Å². The standard InChI is InChI=1S/C8H6ClF4NO2/c9-1-5-6(16-8(11,12)13)4(3-15)2-14-7(5)10/h2,15H,1,3H2. The van der Waals surface area contributed by atoms with Crippen LogP contribution in [0, 0.1) is 5.95 Å². The van der Waals surface area contributed by atoms with Crippen LogP contribution in [0.2, 0.25) is 0 Å². The van der Waals surface area contributed by atoms with Crippen molar-refractivity contribution in [3.8, 4) is 5.75 Å². The van der Waals surface area contributed by atoms with E-state index >= 15 is 0 Å². The summed E-state index contributed by atoms with van der Waals surface area (Å²) in [6.07, 6.45) is -4.23. The molecule has 3 nitrogen and oxygen atoms in total. The number of ether oxygens (including phenoxy) is 1. The van der Waals surface area contributed by atoms with E-state index in [1.54, 1.807) is 0 Å². The predicted molar refractivity (Wildman–Crippen MR) is 46.4 cm³/mol. The lowest BCUT2D eigenvalue weighted by Crippen LogP contribution is -2.20. The number of pyridine rings is 1. The van der Waals surface area contributed by atoms with Gasteiger partial charge in [-0.3, -0.25) is 0 Å². The quantitative estimate of drug-likeness (QED) is 0.515. The molecule has 1 aromatic rings. The summed E-state index contributed by atoms with van der Waals surface area (Å²) < 4.78 is 52.7. The van der Waals surface area contributed by atoms with Crippen LogP contribution in [-0.4, -0.2) is 16.5 Å². The van der Waals surface area contributed by atoms with Gasteiger partial charge in [0, 0.05) is 11.8 Å². The van der Waals surface area contributed by atoms with Gasteiger partial charge < -0.3 is 9.84 Å². The monoisotopic (exact) mass is 259 g/mol. The second-order valence-corrected chi connectivity index (χ2v) is 2.99. The lowest BCUT2D eigenvalue weighted by Gasteiger charge is -2.15. The molecule has 0 aliphatic rings. The third-order valence-electron chi connectivity index (χ3n) is 1.67. The predicted octanol–water partition coefficient (Wildman–Crippen LogP) is 2.35. The minimum Gasteiger partial charge on any atom is -0.405 e. The summed E-state index contributed by atoms with van der Waals surface area (Å²) >= 11 is 5.29. The van der Waals surface area contributed by atoms with Crippen LogP contribution in [0.1, 0.15) is 11.1 Å². The molecule has 16 heavy (non-hydrogen) atoms. The Morgan fingerprint density at radius 2 is 2.06 bits per heavy atom. The van der Waals surface area contributed by atoms with E-state index in [4.69, 9.17) is 16.7 Å². The van der Waals surface area contributed by atoms with Crippen LogP contribution in [0.15, 0.2) is 6.20 Å². The van der Waals surface area contributed by atoms with Crippen LogP contribution < -0.4 is 4.74 Å². The average molecular weight is 260 g/mol. The first-order chi connectivity index (χ1) is 7.39. The topological polar surface area (TPSA) is 42.4 Å². The Kier molecular flexibility index (Phi) is 3.93. The number of hydrogen-bond acceptors (Lipinski definition) is 3. The number of aromatic nitrogens is 1. The molecule has 1 heterocycles. The van der Waals surface area contributed by atoms with E-state index < -0.39 is 36.1 Å². The third-order valence-corrected chi connectivity index (χ3v) is 1.94. The number of aliphatic hydroxyl groups is 1. The first kappa shape index (κ1) is 13.0. The van der Waals surface area contributed by atoms with Crippen LogP contribution >= 0.6 is 11.6 Å². The highest BCUT2D eigenvalue weighted by Crippen LogP contribution is 2.31. The number of halogens is 5. The molecule has 0 spiro atoms. The molecule has 0 fully saturated rings. The van der Waals surface area contributed by atoms with Crippen molar-refractivity contribution >= 4 is 11.6 Å². The molecular formula is C8H6ClF4NO2. The molecule has 0 atom stereocenters. The van der Waals surface area contributed by atoms with Gasteiger partial charge in [0.15, 0.2) is 0 Å². The van der Waals surface area contributed by atoms with Gasteiger partial charge in [0.25, 0.3) is 0 Å². The fourth-order valence-corrected chi connectivity index (χ4v) is 1.26. The Labute approximate surface area is 92.6 Å². The lowest BCUT2D eigenvalue weighted by molar-refractivity contribution is -0.275. The minimum absolute atomic E-state index is 0.283. The summed E-state index contributed by atoms with van der Waals surface area (Å²) in [7, 11) is 0. The van der Waals surface area contributed by atoms with Crippen LogP contribution in [0.25, 0.3) is 0 Å². The maximum absolute atomic E-state index is 13.0. The first-order valence-electron chi connectivity index (χ1n) is 3.98. The maximum Gasteiger partial charge on any atom is 0.573 e. The molecule has 0 aliphatic carbocycles. The molecule has 1 aromatic heterocycles. The van der Waals surface area contributed by atoms with Gasteiger partial charge in [0.2, 0.25) is 5.95 Å². The fourth-order valence-electron chi connectivity index (χ4n) is 1.03. The molecule has 90 valence electrons. The summed E-state index contributed by atoms with van der Waals surface area (Å²) in [5.74, 6) is -2.54. The van der Waals surface area contributed by atoms with Gasteiger partial charge in [-0.05, 0) is 0 Å². The zero-order valence-corrected chi connectivity index (χ0v) is 8.44. The number of alkyl halides is 4. The van der Waals surface area contributed by atoms with Gasteiger partial charge in [0.05, 0.1) is 18.1 Å². The number of rotatable bonds is 3. The van der Waals surface area contributed by atoms with Crippen molar-refractivity contribution in [3.05, 3.63) is 23.3 Å². The summed E-state index contributed by atoms with van der Waals surface area (Å²) in [4.78, 5) is 3.15. The molecule has 0 unspecified atom stereocenters. The van der Waals surface area contributed by atoms with E-state index in [2.05, 4.69) is 9.72 Å². The second kappa shape index (κ2) is 4.84. The van der Waals surface area contributed by atoms with Crippen molar-refractivity contribution in [1.82, 2.24) is 4.98 Å². The molecule has 1 rings (SSSR count). The largest absolute Gasteiger partial charge is 0.573 e. The molecule has 0 aromatic carbocycles. The van der Waals surface area contributed by atoms with Gasteiger partial charge in [0.1, 0.15) is 5.75 Å². The summed E-state index contributed by atoms with van der Waals surface area (Å²) in [6.45, 7) is -0.761. The SMILES string of the molecule is OCc1cnc(F)c(CCl)c1OC(F)(F)F. The highest BCUT2D eigenvalue weighted by molar-refractivity contribution is 6.17. The van der Waals surface area contributed by atoms with Gasteiger partial charge in [-0.2, -0.15) is 4.39 Å². The van der Waals surface area contributed by atoms with E-state index in [0.29, 0.717) is 0 Å². The van der Waals surface area contributed by atoms with Crippen molar-refractivity contribution in [2.75, 3.05) is 0 Å². The highest BCUT2D eigenvalue weighted by Gasteiger charge is 2.34. The van der Waals surface area contributed by atoms with Crippen LogP contribution in [0.5, 0.6) is 5.75 Å². The van der Waals surface area contributed by atoms with Crippen molar-refractivity contribution in [2.24, 2.45) is 0 Å². The molecule has 0 saturated heterocycles. The fraction of sp³-hybridized carbons (Fsp3) is 0.375. The van der Waals surface area contributed by atoms with E-state index in [1.165, 1.54) is 0 Å². The van der Waals surface area contributed by atoms with E-state index in [0.717, 1.165) is 6.20 Å². The van der Waals surface area contributed by atoms with Gasteiger partial charge in [-0.15, -0.1) is 24.8 Å². The van der Waals surface area contributed by atoms with Crippen LogP contribution in [-0.2, 0) is 12.5 Å². The van der Waals surface area contributed by atoms with Crippen molar-refractivity contribution in [2.45, 2.75) is 18.8 Å². The van der Waals surface area contributed by atoms with Crippen LogP contribution in [0.3, 0.4) is 0 Å². The summed E-state index contributed by atoms with van der Waals surface area (Å²) in [5.41, 5.74) is -0.820. The molecular weight excluding hydrogens is 254 g/mol. The Morgan fingerprint density at radius 1 is 1.44 bits per heavy atom. The van der Waals surface area contributed by atoms with Gasteiger partial charge in [-0.25, -0.2) is 4.98 Å². The first-order valence-corrected chi connectivity index (χ1v) is 4.51. The Bertz CT molecular complexity index is 383. The summed E-state index contributed by atoms with van der Waals surface area (Å²) in [6, 6.07) is 0. The normalized spacial score (nSPS) is 11.6. The number of hydrogen-bond donors (Lipinski definition) is 1. The van der Waals surface area contributed by atoms with Crippen molar-refractivity contribution in [3.63, 3.8) is 0 Å². The average Bonchev–Trinajstić information content (AvgIpc) is 2.16.